The molecule has 4 heterocycles. The highest BCUT2D eigenvalue weighted by Gasteiger charge is 2.32. The maximum Gasteiger partial charge on any atom is 0.273 e. The van der Waals surface area contributed by atoms with Gasteiger partial charge in [-0.05, 0) is 23.8 Å². The first-order valence-corrected chi connectivity index (χ1v) is 6.91. The molecule has 0 N–H and O–H groups in total. The van der Waals surface area contributed by atoms with Gasteiger partial charge in [0.2, 0.25) is 5.82 Å². The number of fused-ring (bicyclic) bond motifs is 7. The fourth-order valence-corrected chi connectivity index (χ4v) is 3.56. The van der Waals surface area contributed by atoms with Gasteiger partial charge in [0.1, 0.15) is 5.52 Å². The first kappa shape index (κ1) is 10.3. The average Bonchev–Trinajstić information content (AvgIpc) is 3.10. The van der Waals surface area contributed by atoms with Crippen molar-refractivity contribution in [3.05, 3.63) is 60.3 Å². The quantitative estimate of drug-likeness (QED) is 0.380. The second kappa shape index (κ2) is 3.31. The minimum atomic E-state index is 0.972. The van der Waals surface area contributed by atoms with Crippen molar-refractivity contribution < 1.29 is 4.57 Å². The SMILES string of the molecule is C[n+]1c2n(c3cc4ccccn4c31)Cc1ccccc1-2. The predicted molar refractivity (Wildman–Crippen MR) is 78.6 cm³/mol. The molecule has 0 fully saturated rings. The Balaban J connectivity index is 1.98. The monoisotopic (exact) mass is 260 g/mol. The molecule has 1 aliphatic rings. The summed E-state index contributed by atoms with van der Waals surface area (Å²) in [6.07, 6.45) is 2.14. The summed E-state index contributed by atoms with van der Waals surface area (Å²) < 4.78 is 7.00. The highest BCUT2D eigenvalue weighted by molar-refractivity contribution is 5.83. The van der Waals surface area contributed by atoms with E-state index in [1.807, 2.05) is 0 Å². The van der Waals surface area contributed by atoms with E-state index in [4.69, 9.17) is 0 Å². The van der Waals surface area contributed by atoms with Gasteiger partial charge in [0.25, 0.3) is 5.65 Å². The molecule has 0 atom stereocenters. The van der Waals surface area contributed by atoms with Crippen molar-refractivity contribution in [1.29, 1.82) is 0 Å². The van der Waals surface area contributed by atoms with Gasteiger partial charge >= 0.3 is 0 Å². The second-order valence-electron chi connectivity index (χ2n) is 5.47. The zero-order chi connectivity index (χ0) is 13.3. The average molecular weight is 260 g/mol. The van der Waals surface area contributed by atoms with E-state index in [2.05, 4.69) is 75.3 Å². The molecule has 0 radical (unpaired) electrons. The summed E-state index contributed by atoms with van der Waals surface area (Å²) in [6.45, 7) is 0.972. The Morgan fingerprint density at radius 1 is 1.05 bits per heavy atom. The van der Waals surface area contributed by atoms with E-state index in [1.54, 1.807) is 0 Å². The van der Waals surface area contributed by atoms with Crippen LogP contribution in [0.1, 0.15) is 5.56 Å². The standard InChI is InChI=1S/C17H14N3/c1-18-16-14-8-3-2-6-12(14)11-20(16)15-10-13-7-4-5-9-19(13)17(15)18/h2-10H,11H2,1H3/q+1. The van der Waals surface area contributed by atoms with Gasteiger partial charge in [-0.15, -0.1) is 0 Å². The van der Waals surface area contributed by atoms with Crippen LogP contribution >= 0.6 is 0 Å². The Morgan fingerprint density at radius 2 is 1.90 bits per heavy atom. The highest BCUT2D eigenvalue weighted by Crippen LogP contribution is 2.33. The Morgan fingerprint density at radius 3 is 2.85 bits per heavy atom. The van der Waals surface area contributed by atoms with Gasteiger partial charge in [0.15, 0.2) is 5.52 Å². The summed E-state index contributed by atoms with van der Waals surface area (Å²) in [4.78, 5) is 0. The van der Waals surface area contributed by atoms with Crippen molar-refractivity contribution in [2.75, 3.05) is 0 Å². The van der Waals surface area contributed by atoms with Crippen LogP contribution < -0.4 is 4.57 Å². The zero-order valence-corrected chi connectivity index (χ0v) is 11.2. The summed E-state index contributed by atoms with van der Waals surface area (Å²) in [5, 5.41) is 0. The van der Waals surface area contributed by atoms with Crippen LogP contribution in [-0.4, -0.2) is 8.97 Å². The lowest BCUT2D eigenvalue weighted by molar-refractivity contribution is -0.636. The lowest BCUT2D eigenvalue weighted by Gasteiger charge is -1.97. The Labute approximate surface area is 116 Å². The number of benzene rings is 1. The largest absolute Gasteiger partial charge is 0.273 e. The summed E-state index contributed by atoms with van der Waals surface area (Å²) in [7, 11) is 2.16. The van der Waals surface area contributed by atoms with Crippen molar-refractivity contribution in [3.63, 3.8) is 0 Å². The van der Waals surface area contributed by atoms with E-state index in [1.165, 1.54) is 33.6 Å². The fourth-order valence-electron chi connectivity index (χ4n) is 3.56. The smallest absolute Gasteiger partial charge is 0.249 e. The molecule has 3 heteroatoms. The fraction of sp³-hybridized carbons (Fsp3) is 0.118. The highest BCUT2D eigenvalue weighted by atomic mass is 15.2. The number of nitrogens with zero attached hydrogens (tertiary/aromatic N) is 3. The number of hydrogen-bond donors (Lipinski definition) is 0. The minimum absolute atomic E-state index is 0.972. The molecule has 1 aromatic carbocycles. The van der Waals surface area contributed by atoms with E-state index in [9.17, 15) is 0 Å². The van der Waals surface area contributed by atoms with Crippen molar-refractivity contribution in [2.24, 2.45) is 7.05 Å². The molecule has 0 saturated carbocycles. The lowest BCUT2D eigenvalue weighted by atomic mass is 10.1. The lowest BCUT2D eigenvalue weighted by Crippen LogP contribution is -2.30. The van der Waals surface area contributed by atoms with Crippen molar-refractivity contribution >= 4 is 16.7 Å². The molecular formula is C17H14N3+. The number of aromatic nitrogens is 3. The minimum Gasteiger partial charge on any atom is -0.249 e. The topological polar surface area (TPSA) is 13.2 Å². The number of rotatable bonds is 0. The molecular weight excluding hydrogens is 246 g/mol. The normalized spacial score (nSPS) is 13.1. The molecule has 0 unspecified atom stereocenters. The number of pyridine rings is 1. The van der Waals surface area contributed by atoms with Crippen LogP contribution in [0.25, 0.3) is 28.1 Å². The molecule has 0 aliphatic carbocycles. The van der Waals surface area contributed by atoms with E-state index in [-0.39, 0.29) is 0 Å². The van der Waals surface area contributed by atoms with E-state index < -0.39 is 0 Å². The van der Waals surface area contributed by atoms with Crippen LogP contribution in [0, 0.1) is 0 Å². The Bertz CT molecular complexity index is 988. The van der Waals surface area contributed by atoms with Crippen LogP contribution in [0.4, 0.5) is 0 Å². The molecule has 0 spiro atoms. The number of aryl methyl sites for hydroxylation is 1. The van der Waals surface area contributed by atoms with Crippen LogP contribution in [0.15, 0.2) is 54.7 Å². The van der Waals surface area contributed by atoms with Gasteiger partial charge < -0.3 is 0 Å². The van der Waals surface area contributed by atoms with Gasteiger partial charge in [0.05, 0.1) is 25.4 Å². The Kier molecular flexibility index (Phi) is 1.70. The van der Waals surface area contributed by atoms with Gasteiger partial charge in [0, 0.05) is 6.07 Å². The van der Waals surface area contributed by atoms with Crippen molar-refractivity contribution in [2.45, 2.75) is 6.54 Å². The first-order valence-electron chi connectivity index (χ1n) is 6.91. The second-order valence-corrected chi connectivity index (χ2v) is 5.47. The van der Waals surface area contributed by atoms with Crippen LogP contribution in [0.5, 0.6) is 0 Å². The first-order chi connectivity index (χ1) is 9.84. The number of imidazole rings is 1. The third kappa shape index (κ3) is 1.05. The summed E-state index contributed by atoms with van der Waals surface area (Å²) in [6, 6.07) is 17.3. The molecule has 4 aromatic rings. The van der Waals surface area contributed by atoms with Gasteiger partial charge in [-0.25, -0.2) is 13.5 Å². The van der Waals surface area contributed by atoms with Crippen molar-refractivity contribution in [1.82, 2.24) is 8.97 Å². The maximum absolute atomic E-state index is 2.42. The summed E-state index contributed by atoms with van der Waals surface area (Å²) in [5.41, 5.74) is 6.60. The van der Waals surface area contributed by atoms with Crippen LogP contribution in [0.3, 0.4) is 0 Å². The van der Waals surface area contributed by atoms with E-state index in [0.717, 1.165) is 6.54 Å². The zero-order valence-electron chi connectivity index (χ0n) is 11.2. The summed E-state index contributed by atoms with van der Waals surface area (Å²) >= 11 is 0. The molecule has 96 valence electrons. The molecule has 0 amide bonds. The van der Waals surface area contributed by atoms with Crippen LogP contribution in [0.2, 0.25) is 0 Å². The van der Waals surface area contributed by atoms with Crippen LogP contribution in [-0.2, 0) is 13.6 Å². The predicted octanol–water partition coefficient (Wildman–Crippen LogP) is 2.75. The van der Waals surface area contributed by atoms with Crippen molar-refractivity contribution in [3.8, 4) is 11.4 Å². The Hall–Kier alpha value is -2.55. The molecule has 3 aromatic heterocycles. The molecule has 1 aliphatic heterocycles. The third-order valence-corrected chi connectivity index (χ3v) is 4.40. The molecule has 5 rings (SSSR count). The van der Waals surface area contributed by atoms with Gasteiger partial charge in [-0.3, -0.25) is 0 Å². The van der Waals surface area contributed by atoms with E-state index in [0.29, 0.717) is 0 Å². The number of hydrogen-bond acceptors (Lipinski definition) is 0. The molecule has 20 heavy (non-hydrogen) atoms. The maximum atomic E-state index is 2.42. The van der Waals surface area contributed by atoms with Gasteiger partial charge in [-0.1, -0.05) is 24.3 Å². The van der Waals surface area contributed by atoms with Gasteiger partial charge in [-0.2, -0.15) is 0 Å². The molecule has 0 saturated heterocycles. The van der Waals surface area contributed by atoms with E-state index >= 15 is 0 Å². The molecule has 0 bridgehead atoms. The summed E-state index contributed by atoms with van der Waals surface area (Å²) in [5.74, 6) is 1.31. The molecule has 3 nitrogen and oxygen atoms in total. The third-order valence-electron chi connectivity index (χ3n) is 4.40.